The topological polar surface area (TPSA) is 79.4 Å². The Morgan fingerprint density at radius 2 is 1.88 bits per heavy atom. The van der Waals surface area contributed by atoms with E-state index in [0.29, 0.717) is 18.3 Å². The molecule has 0 atom stereocenters. The number of methoxy groups -OCH3 is 1. The van der Waals surface area contributed by atoms with Crippen LogP contribution < -0.4 is 15.4 Å². The molecule has 2 N–H and O–H groups in total. The number of nitrogens with zero attached hydrogens (tertiary/aromatic N) is 3. The van der Waals surface area contributed by atoms with Gasteiger partial charge in [0.1, 0.15) is 17.4 Å². The maximum Gasteiger partial charge on any atom is 0.238 e. The molecule has 1 fully saturated rings. The summed E-state index contributed by atoms with van der Waals surface area (Å²) in [6.07, 6.45) is 3.05. The number of benzene rings is 1. The maximum absolute atomic E-state index is 13.1. The van der Waals surface area contributed by atoms with Gasteiger partial charge in [0.2, 0.25) is 5.91 Å². The fourth-order valence-corrected chi connectivity index (χ4v) is 4.04. The molecular weight excluding hydrogens is 421 g/mol. The molecule has 0 bridgehead atoms. The van der Waals surface area contributed by atoms with Crippen molar-refractivity contribution in [1.82, 2.24) is 14.9 Å². The first-order valence-corrected chi connectivity index (χ1v) is 11.0. The molecule has 172 valence electrons. The predicted octanol–water partition coefficient (Wildman–Crippen LogP) is 4.49. The number of amides is 1. The van der Waals surface area contributed by atoms with E-state index < -0.39 is 0 Å². The van der Waals surface area contributed by atoms with Crippen molar-refractivity contribution in [3.63, 3.8) is 0 Å². The highest BCUT2D eigenvalue weighted by atomic mass is 19.1. The Labute approximate surface area is 193 Å². The van der Waals surface area contributed by atoms with Gasteiger partial charge in [-0.05, 0) is 81.4 Å². The quantitative estimate of drug-likeness (QED) is 0.553. The number of ether oxygens (including phenoxy) is 1. The summed E-state index contributed by atoms with van der Waals surface area (Å²) in [6.45, 7) is 3.99. The standard InChI is InChI=1S/C25H28FN5O2/c1-17-13-21(29-24-8-3-19(26)15-27-24)14-23(28-17)18-9-11-31(12-10-18)16-25(32)30-20-4-6-22(33-2)7-5-20/h3-8,13-15,18H,9-12,16H2,1-2H3,(H,30,32)(H,27,28,29). The highest BCUT2D eigenvalue weighted by Crippen LogP contribution is 2.29. The van der Waals surface area contributed by atoms with E-state index in [0.717, 1.165) is 54.4 Å². The van der Waals surface area contributed by atoms with Crippen LogP contribution in [0.2, 0.25) is 0 Å². The average molecular weight is 450 g/mol. The Bertz CT molecular complexity index is 1080. The van der Waals surface area contributed by atoms with Crippen molar-refractivity contribution >= 4 is 23.1 Å². The number of hydrogen-bond donors (Lipinski definition) is 2. The molecule has 0 aliphatic carbocycles. The first-order valence-electron chi connectivity index (χ1n) is 11.0. The van der Waals surface area contributed by atoms with Gasteiger partial charge in [0.25, 0.3) is 0 Å². The van der Waals surface area contributed by atoms with E-state index in [-0.39, 0.29) is 11.7 Å². The third kappa shape index (κ3) is 6.26. The molecule has 0 radical (unpaired) electrons. The lowest BCUT2D eigenvalue weighted by atomic mass is 9.92. The summed E-state index contributed by atoms with van der Waals surface area (Å²) in [5.74, 6) is 1.28. The summed E-state index contributed by atoms with van der Waals surface area (Å²) in [5.41, 5.74) is 3.59. The van der Waals surface area contributed by atoms with Crippen LogP contribution in [-0.4, -0.2) is 47.5 Å². The zero-order valence-electron chi connectivity index (χ0n) is 18.8. The van der Waals surface area contributed by atoms with Gasteiger partial charge in [-0.1, -0.05) is 0 Å². The monoisotopic (exact) mass is 449 g/mol. The number of halogens is 1. The van der Waals surface area contributed by atoms with Crippen LogP contribution in [0.4, 0.5) is 21.6 Å². The number of likely N-dealkylation sites (tertiary alicyclic amines) is 1. The molecule has 1 saturated heterocycles. The molecule has 1 aliphatic rings. The Balaban J connectivity index is 1.31. The van der Waals surface area contributed by atoms with Gasteiger partial charge < -0.3 is 15.4 Å². The van der Waals surface area contributed by atoms with E-state index in [1.54, 1.807) is 13.2 Å². The van der Waals surface area contributed by atoms with Gasteiger partial charge in [0.05, 0.1) is 19.9 Å². The number of carbonyl (C=O) groups is 1. The smallest absolute Gasteiger partial charge is 0.238 e. The first-order chi connectivity index (χ1) is 16.0. The maximum atomic E-state index is 13.1. The second-order valence-corrected chi connectivity index (χ2v) is 8.24. The molecule has 4 rings (SSSR count). The number of aryl methyl sites for hydroxylation is 1. The molecule has 7 nitrogen and oxygen atoms in total. The molecule has 1 aliphatic heterocycles. The van der Waals surface area contributed by atoms with Crippen LogP contribution in [0.3, 0.4) is 0 Å². The highest BCUT2D eigenvalue weighted by molar-refractivity contribution is 5.92. The minimum Gasteiger partial charge on any atom is -0.497 e. The van der Waals surface area contributed by atoms with E-state index in [4.69, 9.17) is 9.72 Å². The number of anilines is 3. The number of hydrogen-bond acceptors (Lipinski definition) is 6. The van der Waals surface area contributed by atoms with E-state index in [1.807, 2.05) is 43.3 Å². The van der Waals surface area contributed by atoms with Gasteiger partial charge in [-0.25, -0.2) is 9.37 Å². The summed E-state index contributed by atoms with van der Waals surface area (Å²) >= 11 is 0. The molecule has 8 heteroatoms. The highest BCUT2D eigenvalue weighted by Gasteiger charge is 2.23. The number of piperidine rings is 1. The molecule has 0 unspecified atom stereocenters. The lowest BCUT2D eigenvalue weighted by molar-refractivity contribution is -0.117. The van der Waals surface area contributed by atoms with Crippen molar-refractivity contribution in [2.24, 2.45) is 0 Å². The average Bonchev–Trinajstić information content (AvgIpc) is 2.81. The van der Waals surface area contributed by atoms with E-state index in [2.05, 4.69) is 20.5 Å². The Hall–Kier alpha value is -3.52. The summed E-state index contributed by atoms with van der Waals surface area (Å²) in [6, 6.07) is 14.3. The minimum absolute atomic E-state index is 0.0226. The number of pyridine rings is 2. The van der Waals surface area contributed by atoms with Crippen LogP contribution in [0.1, 0.15) is 30.1 Å². The number of aromatic nitrogens is 2. The van der Waals surface area contributed by atoms with Gasteiger partial charge in [-0.15, -0.1) is 0 Å². The van der Waals surface area contributed by atoms with Crippen molar-refractivity contribution in [3.05, 3.63) is 71.9 Å². The molecule has 33 heavy (non-hydrogen) atoms. The summed E-state index contributed by atoms with van der Waals surface area (Å²) < 4.78 is 18.3. The molecule has 0 spiro atoms. The zero-order valence-corrected chi connectivity index (χ0v) is 18.8. The van der Waals surface area contributed by atoms with Crippen molar-refractivity contribution in [2.75, 3.05) is 37.4 Å². The molecule has 2 aromatic heterocycles. The number of nitrogens with one attached hydrogen (secondary N) is 2. The van der Waals surface area contributed by atoms with Crippen LogP contribution in [0, 0.1) is 12.7 Å². The molecule has 3 aromatic rings. The van der Waals surface area contributed by atoms with Gasteiger partial charge in [-0.3, -0.25) is 14.7 Å². The molecule has 3 heterocycles. The van der Waals surface area contributed by atoms with Crippen LogP contribution in [-0.2, 0) is 4.79 Å². The van der Waals surface area contributed by atoms with Crippen LogP contribution in [0.5, 0.6) is 5.75 Å². The van der Waals surface area contributed by atoms with Crippen molar-refractivity contribution in [1.29, 1.82) is 0 Å². The van der Waals surface area contributed by atoms with E-state index >= 15 is 0 Å². The SMILES string of the molecule is COc1ccc(NC(=O)CN2CCC(c3cc(Nc4ccc(F)cn4)cc(C)n3)CC2)cc1. The third-order valence-corrected chi connectivity index (χ3v) is 5.72. The van der Waals surface area contributed by atoms with E-state index in [1.165, 1.54) is 12.3 Å². The predicted molar refractivity (Wildman–Crippen MR) is 126 cm³/mol. The molecule has 0 saturated carbocycles. The van der Waals surface area contributed by atoms with E-state index in [9.17, 15) is 9.18 Å². The second-order valence-electron chi connectivity index (χ2n) is 8.24. The van der Waals surface area contributed by atoms with Crippen LogP contribution in [0.25, 0.3) is 0 Å². The molecule has 1 aromatic carbocycles. The van der Waals surface area contributed by atoms with Crippen LogP contribution >= 0.6 is 0 Å². The van der Waals surface area contributed by atoms with Gasteiger partial charge in [0, 0.05) is 28.7 Å². The summed E-state index contributed by atoms with van der Waals surface area (Å²) in [4.78, 5) is 23.4. The molecule has 1 amide bonds. The van der Waals surface area contributed by atoms with Crippen molar-refractivity contribution in [2.45, 2.75) is 25.7 Å². The van der Waals surface area contributed by atoms with Gasteiger partial charge in [0.15, 0.2) is 0 Å². The zero-order chi connectivity index (χ0) is 23.2. The fourth-order valence-electron chi connectivity index (χ4n) is 4.04. The number of carbonyl (C=O) groups excluding carboxylic acids is 1. The largest absolute Gasteiger partial charge is 0.497 e. The lowest BCUT2D eigenvalue weighted by Gasteiger charge is -2.31. The fraction of sp³-hybridized carbons (Fsp3) is 0.320. The van der Waals surface area contributed by atoms with Crippen LogP contribution in [0.15, 0.2) is 54.7 Å². The van der Waals surface area contributed by atoms with Gasteiger partial charge in [-0.2, -0.15) is 0 Å². The number of rotatable bonds is 7. The lowest BCUT2D eigenvalue weighted by Crippen LogP contribution is -2.38. The Kier molecular flexibility index (Phi) is 7.14. The Morgan fingerprint density at radius 1 is 1.12 bits per heavy atom. The summed E-state index contributed by atoms with van der Waals surface area (Å²) in [5, 5.41) is 6.17. The van der Waals surface area contributed by atoms with Gasteiger partial charge >= 0.3 is 0 Å². The van der Waals surface area contributed by atoms with Crippen molar-refractivity contribution < 1.29 is 13.9 Å². The second kappa shape index (κ2) is 10.4. The summed E-state index contributed by atoms with van der Waals surface area (Å²) in [7, 11) is 1.61. The molecular formula is C25H28FN5O2. The first kappa shape index (κ1) is 22.7. The Morgan fingerprint density at radius 3 is 2.55 bits per heavy atom. The third-order valence-electron chi connectivity index (χ3n) is 5.72. The van der Waals surface area contributed by atoms with Crippen molar-refractivity contribution in [3.8, 4) is 5.75 Å². The minimum atomic E-state index is -0.364. The normalized spacial score (nSPS) is 14.6.